The van der Waals surface area contributed by atoms with E-state index in [1.165, 1.54) is 205 Å². The Balaban J connectivity index is 4.30. The van der Waals surface area contributed by atoms with Crippen LogP contribution in [0.1, 0.15) is 317 Å². The summed E-state index contributed by atoms with van der Waals surface area (Å²) in [4.78, 5) is 38.1. The summed E-state index contributed by atoms with van der Waals surface area (Å²) in [6, 6.07) is 0. The van der Waals surface area contributed by atoms with Crippen LogP contribution < -0.4 is 0 Å². The minimum Gasteiger partial charge on any atom is -0.462 e. The fourth-order valence-electron chi connectivity index (χ4n) is 8.70. The third-order valence-corrected chi connectivity index (χ3v) is 13.0. The lowest BCUT2D eigenvalue weighted by molar-refractivity contribution is -0.167. The van der Waals surface area contributed by atoms with Crippen LogP contribution in [0.15, 0.2) is 0 Å². The highest BCUT2D eigenvalue weighted by molar-refractivity contribution is 5.71. The standard InChI is InChI=1S/C57H110O6/c1-6-7-8-9-10-11-12-13-14-15-16-17-22-27-32-37-42-47-55(58)61-50-54(63-57(60)49-44-39-34-29-24-19-21-26-31-36-41-46-53(4)5)51-62-56(59)48-43-38-33-28-23-18-20-25-30-35-40-45-52(2)3/h52-54H,6-51H2,1-5H3/t54-/m0/s1. The van der Waals surface area contributed by atoms with Gasteiger partial charge in [-0.2, -0.15) is 0 Å². The summed E-state index contributed by atoms with van der Waals surface area (Å²) in [5, 5.41) is 0. The van der Waals surface area contributed by atoms with Crippen LogP contribution in [0.3, 0.4) is 0 Å². The molecular formula is C57H110O6. The topological polar surface area (TPSA) is 78.9 Å². The first kappa shape index (κ1) is 61.4. The zero-order valence-corrected chi connectivity index (χ0v) is 43.2. The summed E-state index contributed by atoms with van der Waals surface area (Å²) in [5.41, 5.74) is 0. The van der Waals surface area contributed by atoms with E-state index in [-0.39, 0.29) is 31.1 Å². The minimum atomic E-state index is -0.762. The van der Waals surface area contributed by atoms with E-state index >= 15 is 0 Å². The second-order valence-corrected chi connectivity index (χ2v) is 20.5. The van der Waals surface area contributed by atoms with Gasteiger partial charge in [0.1, 0.15) is 13.2 Å². The van der Waals surface area contributed by atoms with E-state index in [4.69, 9.17) is 14.2 Å². The number of carbonyl (C=O) groups is 3. The normalized spacial score (nSPS) is 12.0. The zero-order chi connectivity index (χ0) is 46.1. The first-order valence-corrected chi connectivity index (χ1v) is 28.2. The number of ether oxygens (including phenoxy) is 3. The van der Waals surface area contributed by atoms with E-state index in [0.717, 1.165) is 69.6 Å². The molecule has 374 valence electrons. The maximum Gasteiger partial charge on any atom is 0.306 e. The summed E-state index contributed by atoms with van der Waals surface area (Å²) in [6.07, 6.45) is 52.3. The highest BCUT2D eigenvalue weighted by atomic mass is 16.6. The van der Waals surface area contributed by atoms with Crippen molar-refractivity contribution >= 4 is 17.9 Å². The van der Waals surface area contributed by atoms with E-state index in [1.54, 1.807) is 0 Å². The molecule has 0 aliphatic rings. The van der Waals surface area contributed by atoms with Crippen molar-refractivity contribution in [2.24, 2.45) is 11.8 Å². The van der Waals surface area contributed by atoms with Gasteiger partial charge in [-0.15, -0.1) is 0 Å². The van der Waals surface area contributed by atoms with Gasteiger partial charge in [0.05, 0.1) is 0 Å². The molecule has 0 aliphatic heterocycles. The van der Waals surface area contributed by atoms with E-state index in [9.17, 15) is 14.4 Å². The Morgan fingerprint density at radius 1 is 0.302 bits per heavy atom. The molecule has 0 saturated heterocycles. The minimum absolute atomic E-state index is 0.0630. The molecule has 0 aliphatic carbocycles. The quantitative estimate of drug-likeness (QED) is 0.0344. The molecule has 0 radical (unpaired) electrons. The highest BCUT2D eigenvalue weighted by Gasteiger charge is 2.19. The fourth-order valence-corrected chi connectivity index (χ4v) is 8.70. The number of esters is 3. The van der Waals surface area contributed by atoms with E-state index < -0.39 is 6.10 Å². The third kappa shape index (κ3) is 51.3. The predicted octanol–water partition coefficient (Wildman–Crippen LogP) is 18.5. The van der Waals surface area contributed by atoms with Crippen LogP contribution in [0, 0.1) is 11.8 Å². The summed E-state index contributed by atoms with van der Waals surface area (Å²) in [7, 11) is 0. The molecule has 0 unspecified atom stereocenters. The molecule has 0 N–H and O–H groups in total. The molecule has 6 nitrogen and oxygen atoms in total. The van der Waals surface area contributed by atoms with E-state index in [2.05, 4.69) is 34.6 Å². The number of carbonyl (C=O) groups excluding carboxylic acids is 3. The molecule has 0 spiro atoms. The summed E-state index contributed by atoms with van der Waals surface area (Å²) >= 11 is 0. The van der Waals surface area contributed by atoms with Crippen molar-refractivity contribution in [2.75, 3.05) is 13.2 Å². The van der Waals surface area contributed by atoms with Gasteiger partial charge < -0.3 is 14.2 Å². The van der Waals surface area contributed by atoms with E-state index in [0.29, 0.717) is 19.3 Å². The third-order valence-electron chi connectivity index (χ3n) is 13.0. The van der Waals surface area contributed by atoms with Gasteiger partial charge in [-0.3, -0.25) is 14.4 Å². The Labute approximate surface area is 393 Å². The lowest BCUT2D eigenvalue weighted by atomic mass is 10.0. The molecule has 0 amide bonds. The van der Waals surface area contributed by atoms with Crippen molar-refractivity contribution in [1.29, 1.82) is 0 Å². The lowest BCUT2D eigenvalue weighted by Gasteiger charge is -2.18. The van der Waals surface area contributed by atoms with Gasteiger partial charge in [-0.05, 0) is 31.1 Å². The van der Waals surface area contributed by atoms with Gasteiger partial charge in [0, 0.05) is 19.3 Å². The molecule has 0 rings (SSSR count). The highest BCUT2D eigenvalue weighted by Crippen LogP contribution is 2.18. The average molecular weight is 892 g/mol. The lowest BCUT2D eigenvalue weighted by Crippen LogP contribution is -2.30. The second-order valence-electron chi connectivity index (χ2n) is 20.5. The van der Waals surface area contributed by atoms with Crippen molar-refractivity contribution in [2.45, 2.75) is 323 Å². The molecule has 0 aromatic rings. The van der Waals surface area contributed by atoms with Gasteiger partial charge in [-0.1, -0.05) is 279 Å². The van der Waals surface area contributed by atoms with Crippen LogP contribution in [0.4, 0.5) is 0 Å². The Hall–Kier alpha value is -1.59. The Kier molecular flexibility index (Phi) is 48.6. The van der Waals surface area contributed by atoms with Crippen molar-refractivity contribution in [1.82, 2.24) is 0 Å². The van der Waals surface area contributed by atoms with Crippen molar-refractivity contribution in [3.05, 3.63) is 0 Å². The smallest absolute Gasteiger partial charge is 0.306 e. The number of unbranched alkanes of at least 4 members (excludes halogenated alkanes) is 36. The van der Waals surface area contributed by atoms with Crippen LogP contribution in [0.2, 0.25) is 0 Å². The molecule has 63 heavy (non-hydrogen) atoms. The summed E-state index contributed by atoms with van der Waals surface area (Å²) in [5.74, 6) is 0.810. The van der Waals surface area contributed by atoms with Gasteiger partial charge in [-0.25, -0.2) is 0 Å². The number of rotatable bonds is 51. The molecule has 0 aromatic heterocycles. The summed E-state index contributed by atoms with van der Waals surface area (Å²) in [6.45, 7) is 11.4. The number of hydrogen-bond donors (Lipinski definition) is 0. The maximum absolute atomic E-state index is 12.8. The second kappa shape index (κ2) is 49.8. The van der Waals surface area contributed by atoms with Gasteiger partial charge in [0.15, 0.2) is 6.10 Å². The first-order chi connectivity index (χ1) is 30.7. The van der Waals surface area contributed by atoms with Crippen molar-refractivity contribution in [3.63, 3.8) is 0 Å². The first-order valence-electron chi connectivity index (χ1n) is 28.2. The largest absolute Gasteiger partial charge is 0.462 e. The maximum atomic E-state index is 12.8. The van der Waals surface area contributed by atoms with Gasteiger partial charge in [0.25, 0.3) is 0 Å². The Morgan fingerprint density at radius 2 is 0.524 bits per heavy atom. The van der Waals surface area contributed by atoms with Gasteiger partial charge in [0.2, 0.25) is 0 Å². The molecule has 0 bridgehead atoms. The Morgan fingerprint density at radius 3 is 0.778 bits per heavy atom. The van der Waals surface area contributed by atoms with Crippen LogP contribution in [0.25, 0.3) is 0 Å². The van der Waals surface area contributed by atoms with Gasteiger partial charge >= 0.3 is 17.9 Å². The summed E-state index contributed by atoms with van der Waals surface area (Å²) < 4.78 is 16.9. The van der Waals surface area contributed by atoms with Crippen LogP contribution in [0.5, 0.6) is 0 Å². The molecular weight excluding hydrogens is 781 g/mol. The SMILES string of the molecule is CCCCCCCCCCCCCCCCCCCC(=O)OC[C@@H](COC(=O)CCCCCCCCCCCCCC(C)C)OC(=O)CCCCCCCCCCCCCC(C)C. The zero-order valence-electron chi connectivity index (χ0n) is 43.2. The number of hydrogen-bond acceptors (Lipinski definition) is 6. The molecule has 0 fully saturated rings. The van der Waals surface area contributed by atoms with Crippen molar-refractivity contribution < 1.29 is 28.6 Å². The van der Waals surface area contributed by atoms with Crippen LogP contribution in [-0.2, 0) is 28.6 Å². The predicted molar refractivity (Wildman–Crippen MR) is 270 cm³/mol. The van der Waals surface area contributed by atoms with Crippen LogP contribution in [-0.4, -0.2) is 37.2 Å². The van der Waals surface area contributed by atoms with Crippen LogP contribution >= 0.6 is 0 Å². The fraction of sp³-hybridized carbons (Fsp3) is 0.947. The molecule has 6 heteroatoms. The Bertz CT molecular complexity index is 962. The molecule has 1 atom stereocenters. The van der Waals surface area contributed by atoms with E-state index in [1.807, 2.05) is 0 Å². The monoisotopic (exact) mass is 891 g/mol. The van der Waals surface area contributed by atoms with Crippen molar-refractivity contribution in [3.8, 4) is 0 Å². The molecule has 0 saturated carbocycles. The molecule has 0 heterocycles. The average Bonchev–Trinajstić information content (AvgIpc) is 3.25. The molecule has 0 aromatic carbocycles.